The highest BCUT2D eigenvalue weighted by molar-refractivity contribution is 6.29. The van der Waals surface area contributed by atoms with Crippen LogP contribution in [0.1, 0.15) is 49.3 Å². The summed E-state index contributed by atoms with van der Waals surface area (Å²) in [5.74, 6) is 1.14. The Morgan fingerprint density at radius 1 is 1.26 bits per heavy atom. The maximum absolute atomic E-state index is 15.4. The molecule has 10 nitrogen and oxygen atoms in total. The number of carbonyl (C=O) groups is 1. The van der Waals surface area contributed by atoms with Gasteiger partial charge in [-0.05, 0) is 50.2 Å². The molecule has 4 aliphatic rings. The minimum atomic E-state index is -1.34. The molecule has 12 heteroatoms. The van der Waals surface area contributed by atoms with Crippen LogP contribution in [0.4, 0.5) is 20.8 Å². The van der Waals surface area contributed by atoms with Crippen molar-refractivity contribution in [3.8, 4) is 17.3 Å². The van der Waals surface area contributed by atoms with E-state index in [0.717, 1.165) is 30.7 Å². The number of hydrogen-bond acceptors (Lipinski definition) is 7. The Hall–Kier alpha value is -4.17. The highest BCUT2D eigenvalue weighted by atomic mass is 35.5. The standard InChI is InChI=1S/C27H24ClFN8O2/c28-22-8-20-25(31-19(13-37(20)36-22)16-3-1-2-14(6-16)12-30)32-23-7-18(34-35-23)17-4-5-21(24(17)29)39-26(38)33-27-9-15(10-27)11-27/h1-3,6-8,13,15,17,21,24H,4-5,9-11H2,(H,33,38)(H2,31,32,34,35)/t15?,17-,21-,24+,27?/m1/s1. The van der Waals surface area contributed by atoms with Crippen molar-refractivity contribution in [2.45, 2.75) is 55.8 Å². The third-order valence-corrected chi connectivity index (χ3v) is 8.31. The number of rotatable bonds is 6. The number of alkyl carbamates (subject to hydrolysis) is 1. The van der Waals surface area contributed by atoms with Gasteiger partial charge in [0.1, 0.15) is 17.8 Å². The molecule has 0 saturated heterocycles. The molecule has 3 heterocycles. The summed E-state index contributed by atoms with van der Waals surface area (Å²) in [7, 11) is 0. The van der Waals surface area contributed by atoms with E-state index in [9.17, 15) is 10.1 Å². The largest absolute Gasteiger partial charge is 0.443 e. The number of nitrogens with one attached hydrogen (secondary N) is 3. The molecule has 4 aromatic rings. The number of aromatic nitrogens is 5. The Morgan fingerprint density at radius 3 is 2.87 bits per heavy atom. The Morgan fingerprint density at radius 2 is 2.10 bits per heavy atom. The second-order valence-electron chi connectivity index (χ2n) is 10.8. The Bertz CT molecular complexity index is 1630. The molecule has 198 valence electrons. The molecule has 1 amide bonds. The second-order valence-corrected chi connectivity index (χ2v) is 11.1. The summed E-state index contributed by atoms with van der Waals surface area (Å²) >= 11 is 6.17. The Balaban J connectivity index is 1.08. The number of nitriles is 1. The molecule has 3 N–H and O–H groups in total. The van der Waals surface area contributed by atoms with Crippen LogP contribution in [0.2, 0.25) is 5.15 Å². The third kappa shape index (κ3) is 4.25. The average molecular weight is 547 g/mol. The van der Waals surface area contributed by atoms with Gasteiger partial charge in [0.2, 0.25) is 0 Å². The van der Waals surface area contributed by atoms with Gasteiger partial charge in [-0.15, -0.1) is 0 Å². The number of benzene rings is 1. The lowest BCUT2D eigenvalue weighted by molar-refractivity contribution is -0.0532. The maximum Gasteiger partial charge on any atom is 0.407 e. The van der Waals surface area contributed by atoms with Crippen molar-refractivity contribution in [2.24, 2.45) is 5.92 Å². The van der Waals surface area contributed by atoms with Gasteiger partial charge in [0.05, 0.1) is 23.5 Å². The topological polar surface area (TPSA) is 133 Å². The number of ether oxygens (including phenoxy) is 1. The molecule has 4 saturated carbocycles. The van der Waals surface area contributed by atoms with Gasteiger partial charge in [-0.3, -0.25) is 5.10 Å². The minimum Gasteiger partial charge on any atom is -0.443 e. The van der Waals surface area contributed by atoms with Gasteiger partial charge in [0.25, 0.3) is 0 Å². The molecule has 4 aliphatic carbocycles. The van der Waals surface area contributed by atoms with Crippen LogP contribution in [0.25, 0.3) is 16.8 Å². The molecule has 0 spiro atoms. The number of halogens is 2. The van der Waals surface area contributed by atoms with Crippen LogP contribution in [0.15, 0.2) is 42.6 Å². The van der Waals surface area contributed by atoms with Crippen molar-refractivity contribution in [2.75, 3.05) is 5.32 Å². The Labute approximate surface area is 227 Å². The maximum atomic E-state index is 15.4. The summed E-state index contributed by atoms with van der Waals surface area (Å²) in [6.45, 7) is 0. The SMILES string of the molecule is N#Cc1cccc(-c2cn3nc(Cl)cc3c(Nc3cc([C@H]4CC[C@@H](OC(=O)NC56CC(C5)C6)[C@H]4F)[nH]n3)n2)c1. The number of anilines is 2. The Kier molecular flexibility index (Phi) is 5.49. The molecule has 39 heavy (non-hydrogen) atoms. The van der Waals surface area contributed by atoms with Gasteiger partial charge in [-0.2, -0.15) is 15.5 Å². The number of carbonyl (C=O) groups excluding carboxylic acids is 1. The smallest absolute Gasteiger partial charge is 0.407 e. The lowest BCUT2D eigenvalue weighted by Crippen LogP contribution is -2.68. The normalized spacial score (nSPS) is 26.9. The van der Waals surface area contributed by atoms with Crippen molar-refractivity contribution in [1.82, 2.24) is 30.1 Å². The lowest BCUT2D eigenvalue weighted by Gasteiger charge is -2.61. The minimum absolute atomic E-state index is 0.107. The highest BCUT2D eigenvalue weighted by Gasteiger charge is 2.58. The first-order valence-electron chi connectivity index (χ1n) is 12.9. The van der Waals surface area contributed by atoms with E-state index in [1.165, 1.54) is 0 Å². The first-order chi connectivity index (χ1) is 18.9. The van der Waals surface area contributed by atoms with Gasteiger partial charge in [0, 0.05) is 34.8 Å². The van der Waals surface area contributed by atoms with E-state index in [1.54, 1.807) is 41.0 Å². The fourth-order valence-electron chi connectivity index (χ4n) is 6.04. The highest BCUT2D eigenvalue weighted by Crippen LogP contribution is 2.57. The fourth-order valence-corrected chi connectivity index (χ4v) is 6.23. The number of alkyl halides is 1. The number of nitrogens with zero attached hydrogens (tertiary/aromatic N) is 5. The van der Waals surface area contributed by atoms with Crippen LogP contribution in [-0.4, -0.2) is 48.7 Å². The first kappa shape index (κ1) is 23.9. The molecule has 8 rings (SSSR count). The van der Waals surface area contributed by atoms with Crippen molar-refractivity contribution in [1.29, 1.82) is 5.26 Å². The number of hydrogen-bond donors (Lipinski definition) is 3. The predicted octanol–water partition coefficient (Wildman–Crippen LogP) is 5.25. The number of H-pyrrole nitrogens is 1. The monoisotopic (exact) mass is 546 g/mol. The lowest BCUT2D eigenvalue weighted by atomic mass is 9.50. The van der Waals surface area contributed by atoms with Crippen LogP contribution >= 0.6 is 11.6 Å². The van der Waals surface area contributed by atoms with Crippen molar-refractivity contribution < 1.29 is 13.9 Å². The van der Waals surface area contributed by atoms with E-state index < -0.39 is 24.3 Å². The first-order valence-corrected chi connectivity index (χ1v) is 13.3. The molecule has 0 unspecified atom stereocenters. The van der Waals surface area contributed by atoms with Crippen LogP contribution in [0, 0.1) is 17.2 Å². The quantitative estimate of drug-likeness (QED) is 0.301. The summed E-state index contributed by atoms with van der Waals surface area (Å²) in [5, 5.41) is 27.2. The zero-order valence-corrected chi connectivity index (χ0v) is 21.5. The van der Waals surface area contributed by atoms with Crippen LogP contribution in [0.5, 0.6) is 0 Å². The molecule has 4 fully saturated rings. The predicted molar refractivity (Wildman–Crippen MR) is 140 cm³/mol. The van der Waals surface area contributed by atoms with Crippen LogP contribution < -0.4 is 10.6 Å². The van der Waals surface area contributed by atoms with E-state index in [1.807, 2.05) is 6.07 Å². The van der Waals surface area contributed by atoms with E-state index in [-0.39, 0.29) is 5.54 Å². The fraction of sp³-hybridized carbons (Fsp3) is 0.370. The molecule has 0 aliphatic heterocycles. The van der Waals surface area contributed by atoms with E-state index >= 15 is 4.39 Å². The van der Waals surface area contributed by atoms with Gasteiger partial charge in [-0.1, -0.05) is 23.7 Å². The molecule has 3 aromatic heterocycles. The number of aromatic amines is 1. The zero-order valence-electron chi connectivity index (χ0n) is 20.7. The molecular weight excluding hydrogens is 523 g/mol. The van der Waals surface area contributed by atoms with Crippen LogP contribution in [0.3, 0.4) is 0 Å². The molecule has 1 aromatic carbocycles. The number of fused-ring (bicyclic) bond motifs is 1. The molecule has 2 bridgehead atoms. The molecule has 0 radical (unpaired) electrons. The summed E-state index contributed by atoms with van der Waals surface area (Å²) < 4.78 is 22.4. The van der Waals surface area contributed by atoms with Gasteiger partial charge in [-0.25, -0.2) is 18.7 Å². The summed E-state index contributed by atoms with van der Waals surface area (Å²) in [6.07, 6.45) is 3.04. The summed E-state index contributed by atoms with van der Waals surface area (Å²) in [5.41, 5.74) is 2.95. The average Bonchev–Trinajstić information content (AvgIpc) is 3.59. The third-order valence-electron chi connectivity index (χ3n) is 8.12. The van der Waals surface area contributed by atoms with Crippen molar-refractivity contribution >= 4 is 34.8 Å². The van der Waals surface area contributed by atoms with Crippen LogP contribution in [-0.2, 0) is 4.74 Å². The molecular formula is C27H24ClFN8O2. The van der Waals surface area contributed by atoms with Crippen molar-refractivity contribution in [3.63, 3.8) is 0 Å². The van der Waals surface area contributed by atoms with Gasteiger partial charge < -0.3 is 15.4 Å². The summed E-state index contributed by atoms with van der Waals surface area (Å²) in [4.78, 5) is 17.1. The van der Waals surface area contributed by atoms with Gasteiger partial charge >= 0.3 is 6.09 Å². The summed E-state index contributed by atoms with van der Waals surface area (Å²) in [6, 6.07) is 12.6. The molecule has 3 atom stereocenters. The van der Waals surface area contributed by atoms with Crippen molar-refractivity contribution in [3.05, 3.63) is 59.0 Å². The number of amides is 1. The van der Waals surface area contributed by atoms with E-state index in [4.69, 9.17) is 21.3 Å². The zero-order chi connectivity index (χ0) is 26.7. The second kappa shape index (κ2) is 8.95. The van der Waals surface area contributed by atoms with Gasteiger partial charge in [0.15, 0.2) is 16.8 Å². The van der Waals surface area contributed by atoms with E-state index in [0.29, 0.717) is 52.1 Å². The van der Waals surface area contributed by atoms with E-state index in [2.05, 4.69) is 32.0 Å².